The summed E-state index contributed by atoms with van der Waals surface area (Å²) >= 11 is 0. The summed E-state index contributed by atoms with van der Waals surface area (Å²) in [6.45, 7) is 5.13. The van der Waals surface area contributed by atoms with E-state index in [0.29, 0.717) is 11.3 Å². The molecule has 0 aromatic heterocycles. The van der Waals surface area contributed by atoms with Gasteiger partial charge in [-0.1, -0.05) is 6.07 Å². The number of rotatable bonds is 4. The molecule has 0 atom stereocenters. The molecular formula is C12H17N3O3. The van der Waals surface area contributed by atoms with Crippen LogP contribution in [-0.4, -0.2) is 16.4 Å². The number of nitro groups is 1. The Labute approximate surface area is 105 Å². The van der Waals surface area contributed by atoms with Crippen LogP contribution in [0.5, 0.6) is 0 Å². The van der Waals surface area contributed by atoms with Crippen molar-refractivity contribution in [2.45, 2.75) is 32.7 Å². The van der Waals surface area contributed by atoms with Gasteiger partial charge in [-0.2, -0.15) is 0 Å². The Morgan fingerprint density at radius 3 is 2.61 bits per heavy atom. The Hall–Kier alpha value is -1.95. The van der Waals surface area contributed by atoms with Gasteiger partial charge in [0.05, 0.1) is 4.92 Å². The fraction of sp³-hybridized carbons (Fsp3) is 0.417. The van der Waals surface area contributed by atoms with Gasteiger partial charge in [0.25, 0.3) is 5.69 Å². The molecule has 0 saturated heterocycles. The van der Waals surface area contributed by atoms with Crippen LogP contribution in [0.1, 0.15) is 25.8 Å². The maximum Gasteiger partial charge on any atom is 0.274 e. The summed E-state index contributed by atoms with van der Waals surface area (Å²) in [5, 5.41) is 13.4. The van der Waals surface area contributed by atoms with Crippen molar-refractivity contribution in [2.24, 2.45) is 5.73 Å². The molecule has 1 amide bonds. The number of nitro benzene ring substituents is 1. The largest absolute Gasteiger partial charge is 0.326 e. The molecule has 0 radical (unpaired) electrons. The van der Waals surface area contributed by atoms with E-state index in [1.54, 1.807) is 32.9 Å². The van der Waals surface area contributed by atoms with Crippen molar-refractivity contribution in [3.05, 3.63) is 33.9 Å². The fourth-order valence-corrected chi connectivity index (χ4v) is 1.50. The smallest absolute Gasteiger partial charge is 0.274 e. The number of amides is 1. The summed E-state index contributed by atoms with van der Waals surface area (Å²) in [5.74, 6) is -0.263. The van der Waals surface area contributed by atoms with E-state index in [4.69, 9.17) is 5.73 Å². The summed E-state index contributed by atoms with van der Waals surface area (Å²) in [5.41, 5.74) is 6.06. The molecule has 98 valence electrons. The first-order valence-corrected chi connectivity index (χ1v) is 5.53. The van der Waals surface area contributed by atoms with Crippen molar-refractivity contribution in [3.8, 4) is 0 Å². The Morgan fingerprint density at radius 1 is 1.50 bits per heavy atom. The lowest BCUT2D eigenvalue weighted by molar-refractivity contribution is -0.385. The number of anilines is 1. The van der Waals surface area contributed by atoms with Crippen molar-refractivity contribution in [1.29, 1.82) is 0 Å². The van der Waals surface area contributed by atoms with E-state index in [9.17, 15) is 14.9 Å². The quantitative estimate of drug-likeness (QED) is 0.631. The van der Waals surface area contributed by atoms with E-state index in [1.807, 2.05) is 0 Å². The second kappa shape index (κ2) is 5.14. The SMILES string of the molecule is Cc1ccc(NC(=O)CC(C)(C)N)cc1[N+](=O)[O-]. The highest BCUT2D eigenvalue weighted by atomic mass is 16.6. The minimum Gasteiger partial charge on any atom is -0.326 e. The van der Waals surface area contributed by atoms with Crippen LogP contribution < -0.4 is 11.1 Å². The molecule has 1 aromatic rings. The third kappa shape index (κ3) is 4.14. The number of carbonyl (C=O) groups is 1. The van der Waals surface area contributed by atoms with E-state index in [-0.39, 0.29) is 18.0 Å². The molecule has 0 aliphatic rings. The van der Waals surface area contributed by atoms with E-state index >= 15 is 0 Å². The Kier molecular flexibility index (Phi) is 4.03. The van der Waals surface area contributed by atoms with Crippen LogP contribution in [0.2, 0.25) is 0 Å². The lowest BCUT2D eigenvalue weighted by atomic mass is 10.0. The molecule has 0 aliphatic heterocycles. The number of benzene rings is 1. The van der Waals surface area contributed by atoms with Gasteiger partial charge in [0.1, 0.15) is 0 Å². The maximum absolute atomic E-state index is 11.6. The predicted octanol–water partition coefficient (Wildman–Crippen LogP) is 1.97. The van der Waals surface area contributed by atoms with Gasteiger partial charge in [-0.05, 0) is 26.8 Å². The molecule has 0 fully saturated rings. The topological polar surface area (TPSA) is 98.3 Å². The molecule has 3 N–H and O–H groups in total. The van der Waals surface area contributed by atoms with Gasteiger partial charge in [0, 0.05) is 29.3 Å². The number of hydrogen-bond donors (Lipinski definition) is 2. The zero-order valence-electron chi connectivity index (χ0n) is 10.7. The zero-order valence-corrected chi connectivity index (χ0v) is 10.7. The van der Waals surface area contributed by atoms with Crippen molar-refractivity contribution >= 4 is 17.3 Å². The molecule has 0 heterocycles. The van der Waals surface area contributed by atoms with Crippen molar-refractivity contribution in [3.63, 3.8) is 0 Å². The first-order chi connectivity index (χ1) is 8.19. The van der Waals surface area contributed by atoms with Crippen LogP contribution in [0.4, 0.5) is 11.4 Å². The standard InChI is InChI=1S/C12H17N3O3/c1-8-4-5-9(6-10(8)15(17)18)14-11(16)7-12(2,3)13/h4-6H,7,13H2,1-3H3,(H,14,16). The van der Waals surface area contributed by atoms with Gasteiger partial charge < -0.3 is 11.1 Å². The van der Waals surface area contributed by atoms with Gasteiger partial charge in [0.2, 0.25) is 5.91 Å². The summed E-state index contributed by atoms with van der Waals surface area (Å²) in [7, 11) is 0. The monoisotopic (exact) mass is 251 g/mol. The molecule has 0 bridgehead atoms. The van der Waals surface area contributed by atoms with Gasteiger partial charge in [-0.15, -0.1) is 0 Å². The summed E-state index contributed by atoms with van der Waals surface area (Å²) in [6.07, 6.45) is 0.147. The van der Waals surface area contributed by atoms with E-state index in [0.717, 1.165) is 0 Å². The Morgan fingerprint density at radius 2 is 2.11 bits per heavy atom. The second-order valence-corrected chi connectivity index (χ2v) is 4.97. The highest BCUT2D eigenvalue weighted by Crippen LogP contribution is 2.22. The summed E-state index contributed by atoms with van der Waals surface area (Å²) in [4.78, 5) is 21.9. The van der Waals surface area contributed by atoms with Crippen molar-refractivity contribution in [2.75, 3.05) is 5.32 Å². The summed E-state index contributed by atoms with van der Waals surface area (Å²) < 4.78 is 0. The molecule has 6 nitrogen and oxygen atoms in total. The van der Waals surface area contributed by atoms with Crippen LogP contribution in [-0.2, 0) is 4.79 Å². The third-order valence-corrected chi connectivity index (χ3v) is 2.31. The number of nitrogens with one attached hydrogen (secondary N) is 1. The van der Waals surface area contributed by atoms with Crippen LogP contribution in [0.15, 0.2) is 18.2 Å². The van der Waals surface area contributed by atoms with Gasteiger partial charge in [-0.3, -0.25) is 14.9 Å². The molecule has 1 rings (SSSR count). The minimum absolute atomic E-state index is 0.0141. The average Bonchev–Trinajstić information content (AvgIpc) is 2.17. The number of hydrogen-bond acceptors (Lipinski definition) is 4. The molecule has 18 heavy (non-hydrogen) atoms. The fourth-order valence-electron chi connectivity index (χ4n) is 1.50. The number of nitrogens with zero attached hydrogens (tertiary/aromatic N) is 1. The van der Waals surface area contributed by atoms with Crippen LogP contribution in [0, 0.1) is 17.0 Å². The van der Waals surface area contributed by atoms with Crippen LogP contribution in [0.3, 0.4) is 0 Å². The molecule has 0 aliphatic carbocycles. The van der Waals surface area contributed by atoms with Crippen molar-refractivity contribution in [1.82, 2.24) is 0 Å². The molecule has 0 unspecified atom stereocenters. The molecule has 0 saturated carbocycles. The van der Waals surface area contributed by atoms with Gasteiger partial charge in [-0.25, -0.2) is 0 Å². The maximum atomic E-state index is 11.6. The van der Waals surface area contributed by atoms with Crippen LogP contribution in [0.25, 0.3) is 0 Å². The Balaban J connectivity index is 2.83. The number of carbonyl (C=O) groups excluding carboxylic acids is 1. The van der Waals surface area contributed by atoms with E-state index < -0.39 is 10.5 Å². The van der Waals surface area contributed by atoms with Gasteiger partial charge >= 0.3 is 0 Å². The highest BCUT2D eigenvalue weighted by Gasteiger charge is 2.17. The summed E-state index contributed by atoms with van der Waals surface area (Å²) in [6, 6.07) is 4.57. The molecule has 1 aromatic carbocycles. The lowest BCUT2D eigenvalue weighted by Gasteiger charge is -2.17. The Bertz CT molecular complexity index is 478. The first kappa shape index (κ1) is 14.1. The normalized spacial score (nSPS) is 11.1. The zero-order chi connectivity index (χ0) is 13.9. The minimum atomic E-state index is -0.610. The first-order valence-electron chi connectivity index (χ1n) is 5.53. The number of nitrogens with two attached hydrogens (primary N) is 1. The van der Waals surface area contributed by atoms with Gasteiger partial charge in [0.15, 0.2) is 0 Å². The predicted molar refractivity (Wildman–Crippen MR) is 69.3 cm³/mol. The average molecular weight is 251 g/mol. The van der Waals surface area contributed by atoms with E-state index in [2.05, 4.69) is 5.32 Å². The number of aryl methyl sites for hydroxylation is 1. The molecule has 0 spiro atoms. The molecular weight excluding hydrogens is 234 g/mol. The third-order valence-electron chi connectivity index (χ3n) is 2.31. The second-order valence-electron chi connectivity index (χ2n) is 4.97. The lowest BCUT2D eigenvalue weighted by Crippen LogP contribution is -2.36. The van der Waals surface area contributed by atoms with Crippen molar-refractivity contribution < 1.29 is 9.72 Å². The highest BCUT2D eigenvalue weighted by molar-refractivity contribution is 5.91. The molecule has 6 heteroatoms. The van der Waals surface area contributed by atoms with Crippen LogP contribution >= 0.6 is 0 Å². The van der Waals surface area contributed by atoms with E-state index in [1.165, 1.54) is 6.07 Å².